The predicted octanol–water partition coefficient (Wildman–Crippen LogP) is 4.16. The first-order chi connectivity index (χ1) is 15.5. The lowest BCUT2D eigenvalue weighted by atomic mass is 10.0. The fourth-order valence-electron chi connectivity index (χ4n) is 2.93. The van der Waals surface area contributed by atoms with E-state index in [1.165, 1.54) is 28.5 Å². The van der Waals surface area contributed by atoms with Crippen molar-refractivity contribution in [3.05, 3.63) is 56.2 Å². The number of rotatable bonds is 10. The van der Waals surface area contributed by atoms with Gasteiger partial charge in [-0.15, -0.1) is 0 Å². The van der Waals surface area contributed by atoms with Crippen molar-refractivity contribution < 1.29 is 18.1 Å². The van der Waals surface area contributed by atoms with E-state index < -0.39 is 21.7 Å². The van der Waals surface area contributed by atoms with Crippen molar-refractivity contribution >= 4 is 44.6 Å². The van der Waals surface area contributed by atoms with Crippen LogP contribution in [0.15, 0.2) is 38.7 Å². The number of thioether (sulfide) groups is 1. The van der Waals surface area contributed by atoms with Crippen LogP contribution < -0.4 is 10.3 Å². The van der Waals surface area contributed by atoms with Crippen LogP contribution in [0, 0.1) is 5.82 Å². The number of aromatic nitrogens is 2. The summed E-state index contributed by atoms with van der Waals surface area (Å²) in [5, 5.41) is 0.399. The summed E-state index contributed by atoms with van der Waals surface area (Å²) < 4.78 is 35.3. The molecule has 0 aliphatic carbocycles. The monoisotopic (exact) mass is 561 g/mol. The molecule has 0 bridgehead atoms. The van der Waals surface area contributed by atoms with Crippen molar-refractivity contribution in [3.63, 3.8) is 0 Å². The van der Waals surface area contributed by atoms with Crippen LogP contribution in [-0.2, 0) is 33.5 Å². The van der Waals surface area contributed by atoms with Gasteiger partial charge in [0.15, 0.2) is 5.16 Å². The normalized spacial score (nSPS) is 13.5. The van der Waals surface area contributed by atoms with Gasteiger partial charge in [-0.3, -0.25) is 14.2 Å². The summed E-state index contributed by atoms with van der Waals surface area (Å²) in [5.41, 5.74) is 0.938. The Balaban J connectivity index is 2.33. The molecule has 182 valence electrons. The van der Waals surface area contributed by atoms with E-state index in [0.717, 1.165) is 5.56 Å². The number of ether oxygens (including phenoxy) is 1. The molecule has 0 fully saturated rings. The number of halogens is 2. The molecule has 0 radical (unpaired) electrons. The Labute approximate surface area is 208 Å². The van der Waals surface area contributed by atoms with Crippen LogP contribution in [0.5, 0.6) is 0 Å². The van der Waals surface area contributed by atoms with E-state index in [1.807, 2.05) is 20.8 Å². The molecule has 0 aliphatic rings. The van der Waals surface area contributed by atoms with Crippen LogP contribution in [0.3, 0.4) is 0 Å². The summed E-state index contributed by atoms with van der Waals surface area (Å²) >= 11 is 4.59. The molecule has 2 rings (SSSR count). The van der Waals surface area contributed by atoms with Crippen LogP contribution in [0.2, 0.25) is 0 Å². The topological polar surface area (TPSA) is 90.3 Å². The second-order valence-electron chi connectivity index (χ2n) is 8.20. The molecule has 0 saturated carbocycles. The molecule has 1 aromatic carbocycles. The van der Waals surface area contributed by atoms with Gasteiger partial charge in [-0.25, -0.2) is 18.3 Å². The van der Waals surface area contributed by atoms with Crippen LogP contribution in [0.4, 0.5) is 4.39 Å². The molecule has 0 amide bonds. The molecule has 1 heterocycles. The summed E-state index contributed by atoms with van der Waals surface area (Å²) in [6, 6.07) is 5.68. The third-order valence-corrected chi connectivity index (χ3v) is 7.76. The smallest absolute Gasteiger partial charge is 0.326 e. The van der Waals surface area contributed by atoms with E-state index >= 15 is 0 Å². The molecular formula is C22H29BrFN3O4S2. The van der Waals surface area contributed by atoms with E-state index in [2.05, 4.69) is 25.6 Å². The lowest BCUT2D eigenvalue weighted by Gasteiger charge is -2.25. The molecular weight excluding hydrogens is 533 g/mol. The van der Waals surface area contributed by atoms with Gasteiger partial charge in [0, 0.05) is 6.04 Å². The minimum atomic E-state index is -1.36. The molecule has 0 aliphatic heterocycles. The van der Waals surface area contributed by atoms with Crippen LogP contribution >= 0.6 is 27.7 Å². The minimum absolute atomic E-state index is 0.223. The lowest BCUT2D eigenvalue weighted by molar-refractivity contribution is -0.144. The van der Waals surface area contributed by atoms with Crippen molar-refractivity contribution in [3.8, 4) is 0 Å². The number of esters is 1. The van der Waals surface area contributed by atoms with Gasteiger partial charge >= 0.3 is 5.97 Å². The van der Waals surface area contributed by atoms with Crippen LogP contribution in [0.25, 0.3) is 0 Å². The Kier molecular flexibility index (Phi) is 10.3. The molecule has 1 N–H and O–H groups in total. The SMILES string of the molecule is CCOC(=O)Cn1c(SC)nc(CC[C@H](N[S@](=O)C(C)(C)C)c2ccc(F)cc2)c(Br)c1=O. The van der Waals surface area contributed by atoms with Gasteiger partial charge in [0.05, 0.1) is 28.0 Å². The fourth-order valence-corrected chi connectivity index (χ4v) is 4.86. The average Bonchev–Trinajstić information content (AvgIpc) is 2.75. The number of carbonyl (C=O) groups is 1. The third-order valence-electron chi connectivity index (χ3n) is 4.67. The first-order valence-electron chi connectivity index (χ1n) is 10.4. The summed E-state index contributed by atoms with van der Waals surface area (Å²) in [5.74, 6) is -0.865. The number of carbonyl (C=O) groups excluding carboxylic acids is 1. The first-order valence-corrected chi connectivity index (χ1v) is 13.6. The van der Waals surface area contributed by atoms with Crippen LogP contribution in [0.1, 0.15) is 51.4 Å². The molecule has 1 aromatic heterocycles. The maximum Gasteiger partial charge on any atom is 0.326 e. The highest BCUT2D eigenvalue weighted by atomic mass is 79.9. The quantitative estimate of drug-likeness (QED) is 0.266. The van der Waals surface area contributed by atoms with E-state index in [-0.39, 0.29) is 35.0 Å². The van der Waals surface area contributed by atoms with Gasteiger partial charge in [0.2, 0.25) is 0 Å². The number of aryl methyl sites for hydroxylation is 1. The molecule has 0 spiro atoms. The van der Waals surface area contributed by atoms with E-state index in [0.29, 0.717) is 23.7 Å². The van der Waals surface area contributed by atoms with E-state index in [4.69, 9.17) is 4.74 Å². The Morgan fingerprint density at radius 1 is 1.33 bits per heavy atom. The Morgan fingerprint density at radius 3 is 2.52 bits per heavy atom. The number of hydrogen-bond donors (Lipinski definition) is 1. The lowest BCUT2D eigenvalue weighted by Crippen LogP contribution is -2.36. The molecule has 0 unspecified atom stereocenters. The average molecular weight is 563 g/mol. The van der Waals surface area contributed by atoms with Gasteiger partial charge in [-0.2, -0.15) is 0 Å². The van der Waals surface area contributed by atoms with Crippen molar-refractivity contribution in [2.45, 2.75) is 63.0 Å². The predicted molar refractivity (Wildman–Crippen MR) is 133 cm³/mol. The molecule has 0 saturated heterocycles. The highest BCUT2D eigenvalue weighted by Crippen LogP contribution is 2.25. The third kappa shape index (κ3) is 7.73. The maximum absolute atomic E-state index is 13.4. The van der Waals surface area contributed by atoms with Crippen molar-refractivity contribution in [1.29, 1.82) is 0 Å². The molecule has 33 heavy (non-hydrogen) atoms. The summed E-state index contributed by atoms with van der Waals surface area (Å²) in [6.45, 7) is 7.30. The zero-order valence-electron chi connectivity index (χ0n) is 19.3. The fraction of sp³-hybridized carbons (Fsp3) is 0.500. The number of benzene rings is 1. The second-order valence-corrected chi connectivity index (χ2v) is 11.8. The van der Waals surface area contributed by atoms with E-state index in [1.54, 1.807) is 25.3 Å². The summed E-state index contributed by atoms with van der Waals surface area (Å²) in [6.07, 6.45) is 2.63. The Bertz CT molecular complexity index is 1060. The Morgan fingerprint density at radius 2 is 1.97 bits per heavy atom. The van der Waals surface area contributed by atoms with Crippen LogP contribution in [-0.4, -0.2) is 37.3 Å². The molecule has 2 aromatic rings. The maximum atomic E-state index is 13.4. The highest BCUT2D eigenvalue weighted by Gasteiger charge is 2.25. The zero-order valence-corrected chi connectivity index (χ0v) is 22.5. The molecule has 7 nitrogen and oxygen atoms in total. The minimum Gasteiger partial charge on any atom is -0.465 e. The van der Waals surface area contributed by atoms with Gasteiger partial charge in [-0.05, 0) is 80.4 Å². The van der Waals surface area contributed by atoms with Gasteiger partial charge in [-0.1, -0.05) is 23.9 Å². The zero-order chi connectivity index (χ0) is 24.8. The van der Waals surface area contributed by atoms with Crippen molar-refractivity contribution in [2.24, 2.45) is 0 Å². The van der Waals surface area contributed by atoms with Gasteiger partial charge < -0.3 is 4.74 Å². The van der Waals surface area contributed by atoms with E-state index in [9.17, 15) is 18.2 Å². The molecule has 11 heteroatoms. The highest BCUT2D eigenvalue weighted by molar-refractivity contribution is 9.10. The largest absolute Gasteiger partial charge is 0.465 e. The number of nitrogens with one attached hydrogen (secondary N) is 1. The van der Waals surface area contributed by atoms with Gasteiger partial charge in [0.25, 0.3) is 5.56 Å². The standard InChI is InChI=1S/C22H29BrFN3O4S2/c1-6-31-18(28)13-27-20(29)19(23)17(25-21(27)32-5)12-11-16(26-33(30)22(2,3)4)14-7-9-15(24)10-8-14/h7-10,16,26H,6,11-13H2,1-5H3/t16-,33+/m0/s1. The summed E-state index contributed by atoms with van der Waals surface area (Å²) in [4.78, 5) is 29.4. The van der Waals surface area contributed by atoms with Crippen molar-refractivity contribution in [1.82, 2.24) is 14.3 Å². The first kappa shape index (κ1) is 27.7. The summed E-state index contributed by atoms with van der Waals surface area (Å²) in [7, 11) is -1.36. The Hall–Kier alpha value is -1.56. The second kappa shape index (κ2) is 12.2. The number of nitrogens with zero attached hydrogens (tertiary/aromatic N) is 2. The van der Waals surface area contributed by atoms with Crippen molar-refractivity contribution in [2.75, 3.05) is 12.9 Å². The number of hydrogen-bond acceptors (Lipinski definition) is 6. The van der Waals surface area contributed by atoms with Gasteiger partial charge in [0.1, 0.15) is 16.8 Å². The molecule has 2 atom stereocenters.